The van der Waals surface area contributed by atoms with Crippen molar-refractivity contribution in [3.8, 4) is 0 Å². The molecule has 7 nitrogen and oxygen atoms in total. The maximum Gasteiger partial charge on any atom is 0.332 e. The Hall–Kier alpha value is -3.32. The van der Waals surface area contributed by atoms with Crippen LogP contribution in [0.3, 0.4) is 0 Å². The summed E-state index contributed by atoms with van der Waals surface area (Å²) in [6.45, 7) is 1.98. The minimum absolute atomic E-state index is 0.0752. The molecule has 0 aliphatic rings. The Bertz CT molecular complexity index is 1350. The lowest BCUT2D eigenvalue weighted by Gasteiger charge is -2.12. The molecule has 0 fully saturated rings. The van der Waals surface area contributed by atoms with Crippen LogP contribution in [0.5, 0.6) is 0 Å². The molecule has 4 aromatic rings. The van der Waals surface area contributed by atoms with Crippen LogP contribution in [0.1, 0.15) is 19.8 Å². The van der Waals surface area contributed by atoms with Crippen molar-refractivity contribution in [2.24, 2.45) is 0 Å². The average molecular weight is 426 g/mol. The Balaban J connectivity index is 1.84. The molecule has 0 atom stereocenters. The Labute approximate surface area is 176 Å². The number of halogens is 1. The normalized spacial score (nSPS) is 11.3. The Morgan fingerprint density at radius 2 is 1.80 bits per heavy atom. The summed E-state index contributed by atoms with van der Waals surface area (Å²) >= 11 is 5.88. The first kappa shape index (κ1) is 20.0. The molecule has 0 unspecified atom stereocenters. The van der Waals surface area contributed by atoms with Gasteiger partial charge >= 0.3 is 5.69 Å². The zero-order valence-electron chi connectivity index (χ0n) is 16.4. The zero-order chi connectivity index (χ0) is 21.3. The number of unbranched alkanes of at least 4 members (excludes halogenated alkanes) is 1. The molecular formula is C22H20ClN3O4. The number of aromatic nitrogens is 2. The molecule has 4 rings (SSSR count). The molecular weight excluding hydrogens is 406 g/mol. The van der Waals surface area contributed by atoms with E-state index in [1.54, 1.807) is 48.5 Å². The van der Waals surface area contributed by atoms with Gasteiger partial charge in [0.15, 0.2) is 0 Å². The van der Waals surface area contributed by atoms with Crippen molar-refractivity contribution in [2.45, 2.75) is 32.9 Å². The van der Waals surface area contributed by atoms with E-state index >= 15 is 0 Å². The third kappa shape index (κ3) is 3.64. The fourth-order valence-electron chi connectivity index (χ4n) is 3.43. The second kappa shape index (κ2) is 8.20. The largest absolute Gasteiger partial charge is 0.449 e. The van der Waals surface area contributed by atoms with Crippen molar-refractivity contribution < 1.29 is 9.21 Å². The zero-order valence-corrected chi connectivity index (χ0v) is 17.1. The summed E-state index contributed by atoms with van der Waals surface area (Å²) in [6, 6.07) is 13.8. The predicted molar refractivity (Wildman–Crippen MR) is 117 cm³/mol. The maximum atomic E-state index is 13.2. The predicted octanol–water partition coefficient (Wildman–Crippen LogP) is 4.00. The monoisotopic (exact) mass is 425 g/mol. The topological polar surface area (TPSA) is 86.2 Å². The number of carbonyl (C=O) groups excluding carboxylic acids is 1. The summed E-state index contributed by atoms with van der Waals surface area (Å²) in [4.78, 5) is 38.8. The quantitative estimate of drug-likeness (QED) is 0.506. The molecule has 154 valence electrons. The van der Waals surface area contributed by atoms with Crippen molar-refractivity contribution in [3.05, 3.63) is 74.4 Å². The highest BCUT2D eigenvalue weighted by Crippen LogP contribution is 2.25. The fraction of sp³-hybridized carbons (Fsp3) is 0.227. The van der Waals surface area contributed by atoms with Crippen molar-refractivity contribution in [2.75, 3.05) is 5.32 Å². The third-order valence-corrected chi connectivity index (χ3v) is 5.16. The van der Waals surface area contributed by atoms with Crippen LogP contribution in [-0.4, -0.2) is 15.0 Å². The number of para-hydroxylation sites is 1. The van der Waals surface area contributed by atoms with Crippen molar-refractivity contribution in [1.29, 1.82) is 0 Å². The van der Waals surface area contributed by atoms with Gasteiger partial charge in [-0.15, -0.1) is 0 Å². The van der Waals surface area contributed by atoms with Crippen molar-refractivity contribution in [1.82, 2.24) is 9.13 Å². The molecule has 8 heteroatoms. The second-order valence-corrected chi connectivity index (χ2v) is 7.45. The molecule has 1 N–H and O–H groups in total. The molecule has 30 heavy (non-hydrogen) atoms. The molecule has 0 spiro atoms. The first-order valence-corrected chi connectivity index (χ1v) is 10.1. The van der Waals surface area contributed by atoms with E-state index in [0.717, 1.165) is 11.0 Å². The summed E-state index contributed by atoms with van der Waals surface area (Å²) in [6.07, 6.45) is 1.49. The van der Waals surface area contributed by atoms with Gasteiger partial charge in [0.25, 0.3) is 5.56 Å². The second-order valence-electron chi connectivity index (χ2n) is 7.01. The van der Waals surface area contributed by atoms with Crippen LogP contribution < -0.4 is 16.6 Å². The molecule has 2 aromatic carbocycles. The van der Waals surface area contributed by atoms with Crippen LogP contribution in [0.15, 0.2) is 62.5 Å². The Morgan fingerprint density at radius 1 is 1.07 bits per heavy atom. The number of hydrogen-bond acceptors (Lipinski definition) is 4. The van der Waals surface area contributed by atoms with Gasteiger partial charge in [0, 0.05) is 22.6 Å². The number of rotatable bonds is 6. The number of benzene rings is 2. The number of fused-ring (bicyclic) bond motifs is 3. The van der Waals surface area contributed by atoms with Gasteiger partial charge in [-0.25, -0.2) is 4.79 Å². The van der Waals surface area contributed by atoms with E-state index in [2.05, 4.69) is 5.32 Å². The molecule has 0 radical (unpaired) electrons. The highest BCUT2D eigenvalue weighted by Gasteiger charge is 2.21. The molecule has 0 bridgehead atoms. The van der Waals surface area contributed by atoms with Crippen molar-refractivity contribution in [3.63, 3.8) is 0 Å². The number of hydrogen-bond donors (Lipinski definition) is 1. The van der Waals surface area contributed by atoms with Gasteiger partial charge < -0.3 is 9.73 Å². The summed E-state index contributed by atoms with van der Waals surface area (Å²) in [7, 11) is 0. The summed E-state index contributed by atoms with van der Waals surface area (Å²) in [5, 5.41) is 3.92. The number of carbonyl (C=O) groups is 1. The van der Waals surface area contributed by atoms with Gasteiger partial charge in [0.2, 0.25) is 11.5 Å². The van der Waals surface area contributed by atoms with Crippen LogP contribution in [0, 0.1) is 0 Å². The molecule has 2 heterocycles. The van der Waals surface area contributed by atoms with E-state index in [9.17, 15) is 14.4 Å². The number of amides is 1. The third-order valence-electron chi connectivity index (χ3n) is 4.91. The van der Waals surface area contributed by atoms with Gasteiger partial charge in [0.05, 0.1) is 0 Å². The lowest BCUT2D eigenvalue weighted by atomic mass is 10.2. The minimum Gasteiger partial charge on any atom is -0.449 e. The standard InChI is InChI=1S/C22H20ClN3O4/c1-2-3-12-25-21(28)20-19(16-6-4-5-7-17(16)30-20)26(22(25)29)13-18(27)24-15-10-8-14(23)9-11-15/h4-11H,2-3,12-13H2,1H3,(H,24,27). The first-order chi connectivity index (χ1) is 14.5. The molecule has 0 aliphatic carbocycles. The van der Waals surface area contributed by atoms with E-state index in [1.807, 2.05) is 6.92 Å². The number of nitrogens with one attached hydrogen (secondary N) is 1. The van der Waals surface area contributed by atoms with E-state index in [0.29, 0.717) is 33.6 Å². The Morgan fingerprint density at radius 3 is 2.53 bits per heavy atom. The maximum absolute atomic E-state index is 13.2. The smallest absolute Gasteiger partial charge is 0.332 e. The van der Waals surface area contributed by atoms with Crippen molar-refractivity contribution >= 4 is 45.3 Å². The summed E-state index contributed by atoms with van der Waals surface area (Å²) < 4.78 is 8.22. The van der Waals surface area contributed by atoms with Crippen LogP contribution in [0.4, 0.5) is 5.69 Å². The minimum atomic E-state index is -0.529. The van der Waals surface area contributed by atoms with Crippen LogP contribution in [-0.2, 0) is 17.9 Å². The Kier molecular flexibility index (Phi) is 5.46. The van der Waals surface area contributed by atoms with Gasteiger partial charge in [-0.3, -0.25) is 18.7 Å². The van der Waals surface area contributed by atoms with Gasteiger partial charge in [-0.05, 0) is 42.8 Å². The van der Waals surface area contributed by atoms with E-state index in [-0.39, 0.29) is 18.7 Å². The molecule has 2 aromatic heterocycles. The average Bonchev–Trinajstić information content (AvgIpc) is 3.13. The molecule has 0 saturated heterocycles. The lowest BCUT2D eigenvalue weighted by Crippen LogP contribution is -2.41. The molecule has 1 amide bonds. The van der Waals surface area contributed by atoms with E-state index < -0.39 is 17.2 Å². The highest BCUT2D eigenvalue weighted by molar-refractivity contribution is 6.30. The molecule has 0 saturated carbocycles. The number of nitrogens with zero attached hydrogens (tertiary/aromatic N) is 2. The van der Waals surface area contributed by atoms with Crippen LogP contribution in [0.2, 0.25) is 5.02 Å². The van der Waals surface area contributed by atoms with Crippen LogP contribution in [0.25, 0.3) is 22.1 Å². The summed E-state index contributed by atoms with van der Waals surface area (Å²) in [5.41, 5.74) is 0.452. The fourth-order valence-corrected chi connectivity index (χ4v) is 3.56. The van der Waals surface area contributed by atoms with Gasteiger partial charge in [0.1, 0.15) is 17.6 Å². The first-order valence-electron chi connectivity index (χ1n) is 9.70. The van der Waals surface area contributed by atoms with Gasteiger partial charge in [-0.1, -0.05) is 37.1 Å². The number of furan rings is 1. The van der Waals surface area contributed by atoms with E-state index in [1.165, 1.54) is 4.57 Å². The summed E-state index contributed by atoms with van der Waals surface area (Å²) in [5.74, 6) is -0.397. The SMILES string of the molecule is CCCCn1c(=O)c2oc3ccccc3c2n(CC(=O)Nc2ccc(Cl)cc2)c1=O. The van der Waals surface area contributed by atoms with Gasteiger partial charge in [-0.2, -0.15) is 0 Å². The lowest BCUT2D eigenvalue weighted by molar-refractivity contribution is -0.116. The molecule has 0 aliphatic heterocycles. The highest BCUT2D eigenvalue weighted by atomic mass is 35.5. The van der Waals surface area contributed by atoms with E-state index in [4.69, 9.17) is 16.0 Å². The van der Waals surface area contributed by atoms with Crippen LogP contribution >= 0.6 is 11.6 Å². The number of anilines is 1.